The molecule has 0 N–H and O–H groups in total. The van der Waals surface area contributed by atoms with Gasteiger partial charge in [0.25, 0.3) is 0 Å². The second-order valence-corrected chi connectivity index (χ2v) is 18.2. The van der Waals surface area contributed by atoms with Crippen LogP contribution in [0.25, 0.3) is 11.3 Å². The molecule has 0 atom stereocenters. The van der Waals surface area contributed by atoms with Crippen LogP contribution >= 0.6 is 0 Å². The third-order valence-electron chi connectivity index (χ3n) is 5.72. The number of aromatic nitrogens is 1. The topological polar surface area (TPSA) is 3.88 Å². The number of aryl methyl sites for hydroxylation is 3. The molecule has 3 aromatic rings. The first-order valence-corrected chi connectivity index (χ1v) is 16.5. The Bertz CT molecular complexity index is 1060. The van der Waals surface area contributed by atoms with E-state index in [0.717, 1.165) is 17.7 Å². The zero-order valence-corrected chi connectivity index (χ0v) is 20.5. The van der Waals surface area contributed by atoms with E-state index in [4.69, 9.17) is 2.74 Å². The number of nitrogens with zero attached hydrogens (tertiary/aromatic N) is 1. The standard InChI is InChI=1S/C26H33FGeN/c1-18(2)13-21-16-25(26-20(4)14-19(3)15-23(26)27)29(7)17-24(21)28(5,6)22-11-9-8-10-12-22/h8-12,14-18H,13H2,1-7H3/q+1/i3D2. The van der Waals surface area contributed by atoms with Crippen LogP contribution in [0.5, 0.6) is 0 Å². The van der Waals surface area contributed by atoms with E-state index in [1.807, 2.05) is 14.0 Å². The summed E-state index contributed by atoms with van der Waals surface area (Å²) in [5.41, 5.74) is 3.87. The zero-order chi connectivity index (χ0) is 22.9. The molecule has 0 fully saturated rings. The molecule has 152 valence electrons. The van der Waals surface area contributed by atoms with E-state index in [9.17, 15) is 0 Å². The van der Waals surface area contributed by atoms with Gasteiger partial charge in [-0.05, 0) is 0 Å². The molecule has 0 radical (unpaired) electrons. The summed E-state index contributed by atoms with van der Waals surface area (Å²) >= 11 is -2.55. The van der Waals surface area contributed by atoms with E-state index in [1.54, 1.807) is 6.07 Å². The summed E-state index contributed by atoms with van der Waals surface area (Å²) < 4.78 is 35.3. The number of hydrogen-bond acceptors (Lipinski definition) is 0. The fraction of sp³-hybridized carbons (Fsp3) is 0.346. The van der Waals surface area contributed by atoms with E-state index < -0.39 is 20.1 Å². The van der Waals surface area contributed by atoms with Crippen LogP contribution in [-0.4, -0.2) is 13.3 Å². The molecule has 3 heteroatoms. The number of benzene rings is 2. The molecule has 0 aliphatic heterocycles. The van der Waals surface area contributed by atoms with Crippen LogP contribution in [0, 0.1) is 25.5 Å². The molecule has 0 amide bonds. The second kappa shape index (κ2) is 8.43. The van der Waals surface area contributed by atoms with Crippen molar-refractivity contribution in [3.05, 3.63) is 77.2 Å². The predicted molar refractivity (Wildman–Crippen MR) is 124 cm³/mol. The monoisotopic (exact) mass is 454 g/mol. The molecular formula is C26H33FGeN+. The molecule has 0 saturated carbocycles. The Balaban J connectivity index is 2.23. The Hall–Kier alpha value is -1.94. The van der Waals surface area contributed by atoms with E-state index in [0.29, 0.717) is 17.0 Å². The van der Waals surface area contributed by atoms with Gasteiger partial charge in [0, 0.05) is 0 Å². The Morgan fingerprint density at radius 3 is 2.38 bits per heavy atom. The minimum absolute atomic E-state index is 0.359. The number of rotatable bonds is 5. The van der Waals surface area contributed by atoms with Crippen molar-refractivity contribution in [2.75, 3.05) is 0 Å². The Morgan fingerprint density at radius 2 is 1.79 bits per heavy atom. The van der Waals surface area contributed by atoms with Gasteiger partial charge in [0.2, 0.25) is 0 Å². The van der Waals surface area contributed by atoms with Gasteiger partial charge in [-0.25, -0.2) is 0 Å². The summed E-state index contributed by atoms with van der Waals surface area (Å²) in [6.07, 6.45) is 3.18. The molecule has 0 saturated heterocycles. The van der Waals surface area contributed by atoms with Crippen LogP contribution in [0.2, 0.25) is 11.5 Å². The first kappa shape index (κ1) is 19.1. The Morgan fingerprint density at radius 1 is 1.10 bits per heavy atom. The van der Waals surface area contributed by atoms with Crippen molar-refractivity contribution in [3.8, 4) is 11.3 Å². The van der Waals surface area contributed by atoms with Gasteiger partial charge in [-0.1, -0.05) is 0 Å². The molecular weight excluding hydrogens is 418 g/mol. The number of pyridine rings is 1. The Kier molecular flexibility index (Phi) is 5.54. The van der Waals surface area contributed by atoms with Gasteiger partial charge in [-0.3, -0.25) is 0 Å². The van der Waals surface area contributed by atoms with Crippen LogP contribution in [0.4, 0.5) is 4.39 Å². The third kappa shape index (κ3) is 4.48. The molecule has 0 unspecified atom stereocenters. The van der Waals surface area contributed by atoms with Crippen molar-refractivity contribution < 1.29 is 11.7 Å². The molecule has 0 aliphatic carbocycles. The van der Waals surface area contributed by atoms with Crippen LogP contribution < -0.4 is 13.4 Å². The van der Waals surface area contributed by atoms with Gasteiger partial charge in [0.05, 0.1) is 0 Å². The van der Waals surface area contributed by atoms with Crippen LogP contribution in [0.15, 0.2) is 54.7 Å². The van der Waals surface area contributed by atoms with Gasteiger partial charge in [-0.2, -0.15) is 0 Å². The molecule has 29 heavy (non-hydrogen) atoms. The average Bonchev–Trinajstić information content (AvgIpc) is 2.69. The second-order valence-electron chi connectivity index (χ2n) is 8.99. The normalized spacial score (nSPS) is 13.0. The fourth-order valence-electron chi connectivity index (χ4n) is 4.22. The van der Waals surface area contributed by atoms with E-state index in [1.165, 1.54) is 20.4 Å². The van der Waals surface area contributed by atoms with Crippen molar-refractivity contribution in [2.45, 2.75) is 45.6 Å². The summed E-state index contributed by atoms with van der Waals surface area (Å²) in [4.78, 5) is 0. The van der Waals surface area contributed by atoms with E-state index >= 15 is 4.39 Å². The SMILES string of the molecule is [2H]C([2H])c1cc(C)c(-c2cc(CC(C)C)[c]([Ge]([CH3])([CH3])[c]3ccccc3)c[n+]2C)c(F)c1. The predicted octanol–water partition coefficient (Wildman–Crippen LogP) is 4.96. The first-order valence-electron chi connectivity index (χ1n) is 11.4. The quantitative estimate of drug-likeness (QED) is 0.380. The molecule has 0 bridgehead atoms. The minimum atomic E-state index is -2.55. The van der Waals surface area contributed by atoms with Crippen LogP contribution in [-0.2, 0) is 13.5 Å². The van der Waals surface area contributed by atoms with Crippen molar-refractivity contribution in [2.24, 2.45) is 13.0 Å². The van der Waals surface area contributed by atoms with Gasteiger partial charge in [0.1, 0.15) is 0 Å². The molecule has 1 heterocycles. The van der Waals surface area contributed by atoms with Gasteiger partial charge >= 0.3 is 181 Å². The molecule has 1 nitrogen and oxygen atoms in total. The van der Waals surface area contributed by atoms with Gasteiger partial charge in [0.15, 0.2) is 0 Å². The van der Waals surface area contributed by atoms with Crippen molar-refractivity contribution in [3.63, 3.8) is 0 Å². The number of halogens is 1. The summed E-state index contributed by atoms with van der Waals surface area (Å²) in [6, 6.07) is 16.1. The van der Waals surface area contributed by atoms with Crippen molar-refractivity contribution in [1.82, 2.24) is 0 Å². The zero-order valence-electron chi connectivity index (χ0n) is 20.4. The van der Waals surface area contributed by atoms with Crippen LogP contribution in [0.3, 0.4) is 0 Å². The molecule has 0 aliphatic rings. The van der Waals surface area contributed by atoms with Crippen molar-refractivity contribution in [1.29, 1.82) is 0 Å². The first-order chi connectivity index (χ1) is 14.5. The average molecular weight is 453 g/mol. The van der Waals surface area contributed by atoms with E-state index in [2.05, 4.69) is 72.5 Å². The van der Waals surface area contributed by atoms with Gasteiger partial charge in [-0.15, -0.1) is 0 Å². The summed E-state index contributed by atoms with van der Waals surface area (Å²) in [6.45, 7) is 5.13. The van der Waals surface area contributed by atoms with Crippen LogP contribution in [0.1, 0.15) is 33.3 Å². The van der Waals surface area contributed by atoms with Crippen molar-refractivity contribution >= 4 is 22.1 Å². The maximum atomic E-state index is 15.2. The molecule has 3 rings (SSSR count). The fourth-order valence-corrected chi connectivity index (χ4v) is 10.2. The number of hydrogen-bond donors (Lipinski definition) is 0. The maximum absolute atomic E-state index is 15.2. The van der Waals surface area contributed by atoms with E-state index in [-0.39, 0.29) is 5.82 Å². The van der Waals surface area contributed by atoms with Gasteiger partial charge < -0.3 is 0 Å². The third-order valence-corrected chi connectivity index (χ3v) is 13.2. The Labute approximate surface area is 180 Å². The molecule has 2 aromatic carbocycles. The summed E-state index contributed by atoms with van der Waals surface area (Å²) in [5, 5.41) is 0. The molecule has 1 aromatic heterocycles. The molecule has 0 spiro atoms. The summed E-state index contributed by atoms with van der Waals surface area (Å²) in [5.74, 6) is 4.99. The summed E-state index contributed by atoms with van der Waals surface area (Å²) in [7, 11) is 1.99.